The molecule has 2 aliphatic heterocycles. The van der Waals surface area contributed by atoms with Gasteiger partial charge in [-0.3, -0.25) is 0 Å². The third-order valence-electron chi connectivity index (χ3n) is 6.81. The third-order valence-corrected chi connectivity index (χ3v) is 6.81. The van der Waals surface area contributed by atoms with Crippen LogP contribution >= 0.6 is 0 Å². The van der Waals surface area contributed by atoms with Crippen LogP contribution < -0.4 is 0 Å². The Labute approximate surface area is 192 Å². The van der Waals surface area contributed by atoms with Crippen LogP contribution in [0.3, 0.4) is 0 Å². The van der Waals surface area contributed by atoms with Crippen LogP contribution in [0, 0.1) is 0 Å². The predicted molar refractivity (Wildman–Crippen MR) is 138 cm³/mol. The summed E-state index contributed by atoms with van der Waals surface area (Å²) < 4.78 is 0. The Bertz CT molecular complexity index is 729. The number of unbranched alkanes of at least 4 members (excludes halogenated alkanes) is 1. The standard InChI is InChI=1S/C25H34N2.2C2H6/c1-3-4-7-16-26-19-14-25(15-20-26)13-12-22(21(2)27-17-8-9-18-27)23-10-5-6-11-24(23)25;2*1-2/h5-7,10-12,16H,2-4,8-9,13-15,17-20H2,1H3;2*1-2H3/b16-7-;;. The van der Waals surface area contributed by atoms with E-state index >= 15 is 0 Å². The van der Waals surface area contributed by atoms with E-state index in [1.165, 1.54) is 88.0 Å². The average molecular weight is 423 g/mol. The van der Waals surface area contributed by atoms with Gasteiger partial charge in [0, 0.05) is 42.9 Å². The zero-order valence-electron chi connectivity index (χ0n) is 20.9. The van der Waals surface area contributed by atoms with Crippen LogP contribution in [0.4, 0.5) is 0 Å². The minimum atomic E-state index is 0.320. The summed E-state index contributed by atoms with van der Waals surface area (Å²) in [6, 6.07) is 9.15. The molecule has 1 aromatic rings. The molecule has 0 unspecified atom stereocenters. The van der Waals surface area contributed by atoms with Crippen molar-refractivity contribution in [3.8, 4) is 0 Å². The summed E-state index contributed by atoms with van der Waals surface area (Å²) in [4.78, 5) is 5.01. The number of nitrogens with zero attached hydrogens (tertiary/aromatic N) is 2. The Balaban J connectivity index is 0.000000807. The minimum absolute atomic E-state index is 0.320. The Morgan fingerprint density at radius 3 is 2.29 bits per heavy atom. The lowest BCUT2D eigenvalue weighted by Gasteiger charge is -2.45. The summed E-state index contributed by atoms with van der Waals surface area (Å²) >= 11 is 0. The Hall–Kier alpha value is -1.96. The topological polar surface area (TPSA) is 6.48 Å². The van der Waals surface area contributed by atoms with E-state index in [1.807, 2.05) is 27.7 Å². The van der Waals surface area contributed by atoms with Gasteiger partial charge in [0.2, 0.25) is 0 Å². The van der Waals surface area contributed by atoms with Gasteiger partial charge in [-0.1, -0.05) is 84.0 Å². The van der Waals surface area contributed by atoms with Crippen molar-refractivity contribution in [2.75, 3.05) is 26.2 Å². The summed E-state index contributed by atoms with van der Waals surface area (Å²) in [6.45, 7) is 19.4. The number of rotatable bonds is 5. The summed E-state index contributed by atoms with van der Waals surface area (Å²) in [7, 11) is 0. The second-order valence-electron chi connectivity index (χ2n) is 8.50. The van der Waals surface area contributed by atoms with E-state index in [-0.39, 0.29) is 0 Å². The largest absolute Gasteiger partial charge is 0.378 e. The molecule has 31 heavy (non-hydrogen) atoms. The Kier molecular flexibility index (Phi) is 10.4. The number of benzene rings is 1. The third kappa shape index (κ3) is 5.84. The first-order valence-electron chi connectivity index (χ1n) is 12.9. The van der Waals surface area contributed by atoms with Gasteiger partial charge < -0.3 is 9.80 Å². The molecule has 2 fully saturated rings. The van der Waals surface area contributed by atoms with Gasteiger partial charge in [-0.05, 0) is 55.9 Å². The lowest BCUT2D eigenvalue weighted by Crippen LogP contribution is -2.42. The van der Waals surface area contributed by atoms with Crippen molar-refractivity contribution in [1.29, 1.82) is 0 Å². The fourth-order valence-corrected chi connectivity index (χ4v) is 5.09. The fourth-order valence-electron chi connectivity index (χ4n) is 5.09. The van der Waals surface area contributed by atoms with Crippen molar-refractivity contribution >= 4 is 5.57 Å². The number of hydrogen-bond donors (Lipinski definition) is 0. The lowest BCUT2D eigenvalue weighted by atomic mass is 9.65. The molecule has 1 spiro atoms. The monoisotopic (exact) mass is 422 g/mol. The van der Waals surface area contributed by atoms with Crippen molar-refractivity contribution in [3.63, 3.8) is 0 Å². The number of likely N-dealkylation sites (tertiary alicyclic amines) is 2. The first-order valence-corrected chi connectivity index (χ1v) is 12.9. The number of allylic oxidation sites excluding steroid dienone is 3. The van der Waals surface area contributed by atoms with Crippen LogP contribution in [0.25, 0.3) is 5.57 Å². The van der Waals surface area contributed by atoms with E-state index in [1.54, 1.807) is 5.56 Å². The lowest BCUT2D eigenvalue weighted by molar-refractivity contribution is 0.205. The normalized spacial score (nSPS) is 19.2. The van der Waals surface area contributed by atoms with E-state index in [2.05, 4.69) is 65.9 Å². The van der Waals surface area contributed by atoms with Crippen molar-refractivity contribution < 1.29 is 0 Å². The van der Waals surface area contributed by atoms with E-state index in [9.17, 15) is 0 Å². The van der Waals surface area contributed by atoms with E-state index in [0.717, 1.165) is 0 Å². The van der Waals surface area contributed by atoms with E-state index < -0.39 is 0 Å². The summed E-state index contributed by atoms with van der Waals surface area (Å²) in [5.41, 5.74) is 5.97. The van der Waals surface area contributed by atoms with Crippen molar-refractivity contribution in [1.82, 2.24) is 9.80 Å². The van der Waals surface area contributed by atoms with Crippen molar-refractivity contribution in [2.45, 2.75) is 85.0 Å². The number of hydrogen-bond acceptors (Lipinski definition) is 2. The molecule has 0 N–H and O–H groups in total. The molecule has 0 radical (unpaired) electrons. The molecule has 2 heteroatoms. The molecule has 172 valence electrons. The molecule has 0 atom stereocenters. The fraction of sp³-hybridized carbons (Fsp3) is 0.586. The highest BCUT2D eigenvalue weighted by Crippen LogP contribution is 2.47. The second-order valence-corrected chi connectivity index (χ2v) is 8.50. The maximum Gasteiger partial charge on any atom is 0.0369 e. The zero-order chi connectivity index (χ0) is 22.7. The number of piperidine rings is 1. The summed E-state index contributed by atoms with van der Waals surface area (Å²) in [5.74, 6) is 0. The molecule has 1 aliphatic carbocycles. The minimum Gasteiger partial charge on any atom is -0.378 e. The molecule has 2 nitrogen and oxygen atoms in total. The smallest absolute Gasteiger partial charge is 0.0369 e. The second kappa shape index (κ2) is 12.8. The molecule has 3 aliphatic rings. The first kappa shape index (κ1) is 25.3. The highest BCUT2D eigenvalue weighted by atomic mass is 15.1. The van der Waals surface area contributed by atoms with Gasteiger partial charge in [0.05, 0.1) is 0 Å². The van der Waals surface area contributed by atoms with Gasteiger partial charge in [-0.15, -0.1) is 0 Å². The van der Waals surface area contributed by atoms with Crippen LogP contribution in [0.5, 0.6) is 0 Å². The summed E-state index contributed by atoms with van der Waals surface area (Å²) in [6.07, 6.45) is 15.9. The van der Waals surface area contributed by atoms with Gasteiger partial charge in [0.25, 0.3) is 0 Å². The first-order chi connectivity index (χ1) is 15.2. The molecule has 0 saturated carbocycles. The zero-order valence-corrected chi connectivity index (χ0v) is 20.9. The van der Waals surface area contributed by atoms with Gasteiger partial charge in [-0.2, -0.15) is 0 Å². The molecule has 2 heterocycles. The Morgan fingerprint density at radius 1 is 1.00 bits per heavy atom. The van der Waals surface area contributed by atoms with Gasteiger partial charge >= 0.3 is 0 Å². The quantitative estimate of drug-likeness (QED) is 0.478. The van der Waals surface area contributed by atoms with Crippen LogP contribution in [-0.2, 0) is 5.41 Å². The van der Waals surface area contributed by atoms with Gasteiger partial charge in [0.15, 0.2) is 0 Å². The van der Waals surface area contributed by atoms with Gasteiger partial charge in [-0.25, -0.2) is 0 Å². The molecule has 0 amide bonds. The molecule has 1 aromatic carbocycles. The van der Waals surface area contributed by atoms with E-state index in [0.29, 0.717) is 5.41 Å². The predicted octanol–water partition coefficient (Wildman–Crippen LogP) is 7.78. The van der Waals surface area contributed by atoms with Crippen LogP contribution in [0.2, 0.25) is 0 Å². The summed E-state index contributed by atoms with van der Waals surface area (Å²) in [5, 5.41) is 0. The molecule has 0 aromatic heterocycles. The maximum atomic E-state index is 4.49. The number of fused-ring (bicyclic) bond motifs is 2. The highest BCUT2D eigenvalue weighted by Gasteiger charge is 2.39. The van der Waals surface area contributed by atoms with Crippen molar-refractivity contribution in [3.05, 3.63) is 66.0 Å². The molecule has 4 rings (SSSR count). The molecule has 0 bridgehead atoms. The SMILES string of the molecule is C=C(C1=CCC2(CCN(/C=C\CCC)CC2)c2ccccc21)N1CCCC1.CC.CC. The van der Waals surface area contributed by atoms with Crippen LogP contribution in [0.15, 0.2) is 54.9 Å². The maximum absolute atomic E-state index is 4.49. The molecular weight excluding hydrogens is 376 g/mol. The van der Waals surface area contributed by atoms with Gasteiger partial charge in [0.1, 0.15) is 0 Å². The average Bonchev–Trinajstić information content (AvgIpc) is 3.38. The van der Waals surface area contributed by atoms with Crippen molar-refractivity contribution in [2.24, 2.45) is 0 Å². The highest BCUT2D eigenvalue weighted by molar-refractivity contribution is 5.82. The van der Waals surface area contributed by atoms with Crippen LogP contribution in [-0.4, -0.2) is 36.0 Å². The van der Waals surface area contributed by atoms with Crippen LogP contribution in [0.1, 0.15) is 90.7 Å². The van der Waals surface area contributed by atoms with E-state index in [4.69, 9.17) is 0 Å². The molecule has 2 saturated heterocycles. The Morgan fingerprint density at radius 2 is 1.65 bits per heavy atom. The molecular formula is C29H46N2.